The highest BCUT2D eigenvalue weighted by Crippen LogP contribution is 2.28. The van der Waals surface area contributed by atoms with Gasteiger partial charge in [-0.1, -0.05) is 49.7 Å². The Balaban J connectivity index is 1.40. The average Bonchev–Trinajstić information content (AvgIpc) is 2.84. The number of fused-ring (bicyclic) bond motifs is 1. The molecule has 34 heavy (non-hydrogen) atoms. The van der Waals surface area contributed by atoms with E-state index in [9.17, 15) is 14.4 Å². The summed E-state index contributed by atoms with van der Waals surface area (Å²) in [6, 6.07) is 10.9. The summed E-state index contributed by atoms with van der Waals surface area (Å²) in [7, 11) is 0. The van der Waals surface area contributed by atoms with Crippen molar-refractivity contribution in [1.29, 1.82) is 0 Å². The number of pyridine rings is 1. The van der Waals surface area contributed by atoms with Crippen molar-refractivity contribution in [3.63, 3.8) is 0 Å². The van der Waals surface area contributed by atoms with Gasteiger partial charge in [0.25, 0.3) is 0 Å². The molecule has 2 aliphatic heterocycles. The van der Waals surface area contributed by atoms with E-state index < -0.39 is 6.04 Å². The Labute approximate surface area is 205 Å². The molecule has 1 unspecified atom stereocenters. The fourth-order valence-electron chi connectivity index (χ4n) is 4.72. The number of aromatic nitrogens is 1. The van der Waals surface area contributed by atoms with E-state index in [2.05, 4.69) is 10.3 Å². The van der Waals surface area contributed by atoms with E-state index in [1.165, 1.54) is 6.20 Å². The van der Waals surface area contributed by atoms with E-state index in [1.54, 1.807) is 17.0 Å². The maximum Gasteiger partial charge on any atom is 0.245 e. The molecule has 7 nitrogen and oxygen atoms in total. The molecular weight excluding hydrogens is 452 g/mol. The highest BCUT2D eigenvalue weighted by molar-refractivity contribution is 6.30. The smallest absolute Gasteiger partial charge is 0.245 e. The van der Waals surface area contributed by atoms with Crippen molar-refractivity contribution in [3.05, 3.63) is 58.7 Å². The number of piperidine rings is 1. The molecule has 1 aromatic heterocycles. The monoisotopic (exact) mass is 482 g/mol. The van der Waals surface area contributed by atoms with E-state index in [0.29, 0.717) is 56.2 Å². The SMILES string of the molecule is CC(C)CC(=O)N1Cc2ccccc2CC1C(=O)N1CCC(C(=O)Nc2ccc(Cl)cn2)CC1. The topological polar surface area (TPSA) is 82.6 Å². The molecule has 1 N–H and O–H groups in total. The van der Waals surface area contributed by atoms with Gasteiger partial charge in [-0.25, -0.2) is 4.98 Å². The summed E-state index contributed by atoms with van der Waals surface area (Å²) in [5, 5.41) is 3.34. The molecule has 3 amide bonds. The lowest BCUT2D eigenvalue weighted by atomic mass is 9.91. The minimum absolute atomic E-state index is 0.0209. The fraction of sp³-hybridized carbons (Fsp3) is 0.462. The van der Waals surface area contributed by atoms with Crippen molar-refractivity contribution in [3.8, 4) is 0 Å². The lowest BCUT2D eigenvalue weighted by Crippen LogP contribution is -2.55. The second kappa shape index (κ2) is 10.6. The third-order valence-corrected chi connectivity index (χ3v) is 6.82. The zero-order valence-corrected chi connectivity index (χ0v) is 20.4. The van der Waals surface area contributed by atoms with Gasteiger partial charge in [0.1, 0.15) is 11.9 Å². The van der Waals surface area contributed by atoms with Gasteiger partial charge in [0.15, 0.2) is 0 Å². The maximum absolute atomic E-state index is 13.6. The first-order valence-corrected chi connectivity index (χ1v) is 12.3. The van der Waals surface area contributed by atoms with Crippen LogP contribution in [0.5, 0.6) is 0 Å². The largest absolute Gasteiger partial charge is 0.341 e. The predicted octanol–water partition coefficient (Wildman–Crippen LogP) is 3.91. The molecule has 0 radical (unpaired) electrons. The lowest BCUT2D eigenvalue weighted by molar-refractivity contribution is -0.148. The molecule has 4 rings (SSSR count). The number of anilines is 1. The second-order valence-corrected chi connectivity index (χ2v) is 10.00. The summed E-state index contributed by atoms with van der Waals surface area (Å²) in [6.07, 6.45) is 3.60. The molecule has 180 valence electrons. The van der Waals surface area contributed by atoms with Crippen LogP contribution >= 0.6 is 11.6 Å². The second-order valence-electron chi connectivity index (χ2n) is 9.56. The van der Waals surface area contributed by atoms with Crippen molar-refractivity contribution < 1.29 is 14.4 Å². The summed E-state index contributed by atoms with van der Waals surface area (Å²) >= 11 is 5.85. The molecule has 3 heterocycles. The van der Waals surface area contributed by atoms with Crippen LogP contribution in [0.3, 0.4) is 0 Å². The van der Waals surface area contributed by atoms with Crippen molar-refractivity contribution in [2.45, 2.75) is 52.1 Å². The molecule has 1 saturated heterocycles. The average molecular weight is 483 g/mol. The van der Waals surface area contributed by atoms with Crippen molar-refractivity contribution >= 4 is 35.1 Å². The van der Waals surface area contributed by atoms with Gasteiger partial charge in [-0.2, -0.15) is 0 Å². The Morgan fingerprint density at radius 1 is 1.09 bits per heavy atom. The Kier molecular flexibility index (Phi) is 7.51. The molecule has 0 bridgehead atoms. The van der Waals surface area contributed by atoms with Gasteiger partial charge in [0, 0.05) is 44.6 Å². The van der Waals surface area contributed by atoms with Crippen LogP contribution in [0.15, 0.2) is 42.6 Å². The van der Waals surface area contributed by atoms with Crippen LogP contribution in [0.25, 0.3) is 0 Å². The first-order valence-electron chi connectivity index (χ1n) is 11.9. The van der Waals surface area contributed by atoms with Crippen molar-refractivity contribution in [2.24, 2.45) is 11.8 Å². The third-order valence-electron chi connectivity index (χ3n) is 6.59. The van der Waals surface area contributed by atoms with Gasteiger partial charge in [0.05, 0.1) is 5.02 Å². The van der Waals surface area contributed by atoms with E-state index in [-0.39, 0.29) is 29.6 Å². The van der Waals surface area contributed by atoms with Gasteiger partial charge in [-0.15, -0.1) is 0 Å². The number of hydrogen-bond donors (Lipinski definition) is 1. The molecule has 0 spiro atoms. The number of nitrogens with one attached hydrogen (secondary N) is 1. The molecular formula is C26H31ClN4O3. The van der Waals surface area contributed by atoms with E-state index in [4.69, 9.17) is 11.6 Å². The van der Waals surface area contributed by atoms with E-state index in [0.717, 1.165) is 11.1 Å². The molecule has 2 aliphatic rings. The number of benzene rings is 1. The quantitative estimate of drug-likeness (QED) is 0.700. The van der Waals surface area contributed by atoms with Gasteiger partial charge in [-0.3, -0.25) is 14.4 Å². The number of hydrogen-bond acceptors (Lipinski definition) is 4. The Bertz CT molecular complexity index is 1050. The van der Waals surface area contributed by atoms with Crippen LogP contribution in [-0.4, -0.2) is 51.6 Å². The number of nitrogens with zero attached hydrogens (tertiary/aromatic N) is 3. The van der Waals surface area contributed by atoms with Gasteiger partial charge < -0.3 is 15.1 Å². The first kappa shape index (κ1) is 24.2. The van der Waals surface area contributed by atoms with Crippen LogP contribution in [0.2, 0.25) is 5.02 Å². The first-order chi connectivity index (χ1) is 16.3. The van der Waals surface area contributed by atoms with E-state index in [1.807, 2.05) is 43.0 Å². The minimum atomic E-state index is -0.496. The molecule has 1 fully saturated rings. The Morgan fingerprint density at radius 3 is 2.44 bits per heavy atom. The zero-order valence-electron chi connectivity index (χ0n) is 19.7. The van der Waals surface area contributed by atoms with Crippen molar-refractivity contribution in [1.82, 2.24) is 14.8 Å². The predicted molar refractivity (Wildman–Crippen MR) is 131 cm³/mol. The highest BCUT2D eigenvalue weighted by Gasteiger charge is 2.38. The molecule has 0 saturated carbocycles. The maximum atomic E-state index is 13.6. The number of carbonyl (C=O) groups excluding carboxylic acids is 3. The Hall–Kier alpha value is -2.93. The number of carbonyl (C=O) groups is 3. The van der Waals surface area contributed by atoms with Crippen molar-refractivity contribution in [2.75, 3.05) is 18.4 Å². The van der Waals surface area contributed by atoms with Gasteiger partial charge in [-0.05, 0) is 42.0 Å². The van der Waals surface area contributed by atoms with Crippen LogP contribution in [0.1, 0.15) is 44.2 Å². The molecule has 1 aromatic carbocycles. The van der Waals surface area contributed by atoms with Gasteiger partial charge >= 0.3 is 0 Å². The van der Waals surface area contributed by atoms with Gasteiger partial charge in [0.2, 0.25) is 17.7 Å². The number of rotatable bonds is 5. The molecule has 2 aromatic rings. The summed E-state index contributed by atoms with van der Waals surface area (Å²) in [6.45, 7) is 5.49. The Morgan fingerprint density at radius 2 is 1.79 bits per heavy atom. The fourth-order valence-corrected chi connectivity index (χ4v) is 4.83. The number of amides is 3. The molecule has 1 atom stereocenters. The highest BCUT2D eigenvalue weighted by atomic mass is 35.5. The van der Waals surface area contributed by atoms with Crippen LogP contribution in [-0.2, 0) is 27.3 Å². The minimum Gasteiger partial charge on any atom is -0.341 e. The zero-order chi connectivity index (χ0) is 24.2. The normalized spacial score (nSPS) is 18.5. The molecule has 8 heteroatoms. The van der Waals surface area contributed by atoms with E-state index >= 15 is 0 Å². The summed E-state index contributed by atoms with van der Waals surface area (Å²) in [5.74, 6) is 0.407. The lowest BCUT2D eigenvalue weighted by Gasteiger charge is -2.40. The van der Waals surface area contributed by atoms with Crippen LogP contribution in [0.4, 0.5) is 5.82 Å². The molecule has 0 aliphatic carbocycles. The van der Waals surface area contributed by atoms with Crippen LogP contribution < -0.4 is 5.32 Å². The summed E-state index contributed by atoms with van der Waals surface area (Å²) < 4.78 is 0. The van der Waals surface area contributed by atoms with Crippen LogP contribution in [0, 0.1) is 11.8 Å². The summed E-state index contributed by atoms with van der Waals surface area (Å²) in [5.41, 5.74) is 2.23. The number of halogens is 1. The number of likely N-dealkylation sites (tertiary alicyclic amines) is 1. The standard InChI is InChI=1S/C26H31ClN4O3/c1-17(2)13-24(32)31-16-20-6-4-3-5-19(20)14-22(31)26(34)30-11-9-18(10-12-30)25(33)29-23-8-7-21(27)15-28-23/h3-8,15,17-18,22H,9-14,16H2,1-2H3,(H,28,29,33). The summed E-state index contributed by atoms with van der Waals surface area (Å²) in [4.78, 5) is 47.0. The third kappa shape index (κ3) is 5.58.